The van der Waals surface area contributed by atoms with Crippen LogP contribution in [0.4, 0.5) is 0 Å². The molecule has 0 unspecified atom stereocenters. The third kappa shape index (κ3) is 10.5. The summed E-state index contributed by atoms with van der Waals surface area (Å²) in [7, 11) is 0. The molecule has 0 saturated heterocycles. The number of rotatable bonds is 12. The lowest BCUT2D eigenvalue weighted by Crippen LogP contribution is -2.49. The molecule has 0 bridgehead atoms. The van der Waals surface area contributed by atoms with Crippen molar-refractivity contribution in [1.82, 2.24) is 10.6 Å². The SMILES string of the molecule is CCOSC[C@H](NC(=O)CC[C@H](N)C(=O)O)C(=O)NCC(=O)O. The van der Waals surface area contributed by atoms with Gasteiger partial charge in [0.2, 0.25) is 11.8 Å². The van der Waals surface area contributed by atoms with Crippen molar-refractivity contribution in [1.29, 1.82) is 0 Å². The predicted octanol–water partition coefficient (Wildman–Crippen LogP) is -1.45. The molecule has 0 radical (unpaired) electrons. The first-order valence-electron chi connectivity index (χ1n) is 6.79. The Morgan fingerprint density at radius 1 is 1.26 bits per heavy atom. The maximum atomic E-state index is 11.8. The number of hydrogen-bond acceptors (Lipinski definition) is 7. The highest BCUT2D eigenvalue weighted by Crippen LogP contribution is 2.06. The zero-order valence-corrected chi connectivity index (χ0v) is 13.4. The lowest BCUT2D eigenvalue weighted by molar-refractivity contribution is -0.139. The van der Waals surface area contributed by atoms with Gasteiger partial charge < -0.3 is 30.8 Å². The van der Waals surface area contributed by atoms with Crippen LogP contribution in [0, 0.1) is 0 Å². The second-order valence-electron chi connectivity index (χ2n) is 4.41. The van der Waals surface area contributed by atoms with Gasteiger partial charge in [-0.15, -0.1) is 0 Å². The largest absolute Gasteiger partial charge is 0.480 e. The highest BCUT2D eigenvalue weighted by Gasteiger charge is 2.22. The molecule has 0 aromatic carbocycles. The fraction of sp³-hybridized carbons (Fsp3) is 0.667. The summed E-state index contributed by atoms with van der Waals surface area (Å²) in [5.74, 6) is -3.59. The molecular weight excluding hydrogens is 330 g/mol. The number of aliphatic carboxylic acids is 2. The summed E-state index contributed by atoms with van der Waals surface area (Å²) in [6.45, 7) is 1.57. The number of carbonyl (C=O) groups is 4. The van der Waals surface area contributed by atoms with Crippen molar-refractivity contribution in [2.45, 2.75) is 31.8 Å². The highest BCUT2D eigenvalue weighted by molar-refractivity contribution is 7.94. The van der Waals surface area contributed by atoms with E-state index in [2.05, 4.69) is 10.6 Å². The fourth-order valence-electron chi connectivity index (χ4n) is 1.34. The summed E-state index contributed by atoms with van der Waals surface area (Å²) >= 11 is 0.953. The molecular formula is C12H21N3O7S. The van der Waals surface area contributed by atoms with E-state index in [0.717, 1.165) is 12.0 Å². The molecule has 0 rings (SSSR count). The van der Waals surface area contributed by atoms with Crippen LogP contribution < -0.4 is 16.4 Å². The molecule has 0 fully saturated rings. The number of carboxylic acid groups (broad SMARTS) is 2. The van der Waals surface area contributed by atoms with E-state index in [9.17, 15) is 19.2 Å². The monoisotopic (exact) mass is 351 g/mol. The van der Waals surface area contributed by atoms with Gasteiger partial charge in [-0.2, -0.15) is 0 Å². The Morgan fingerprint density at radius 3 is 2.43 bits per heavy atom. The number of amides is 2. The second-order valence-corrected chi connectivity index (χ2v) is 5.21. The normalized spacial score (nSPS) is 13.0. The molecule has 0 aliphatic heterocycles. The Balaban J connectivity index is 4.48. The van der Waals surface area contributed by atoms with E-state index in [4.69, 9.17) is 20.1 Å². The van der Waals surface area contributed by atoms with Gasteiger partial charge in [0.15, 0.2) is 0 Å². The van der Waals surface area contributed by atoms with Crippen molar-refractivity contribution in [3.8, 4) is 0 Å². The first kappa shape index (κ1) is 21.1. The molecule has 2 atom stereocenters. The van der Waals surface area contributed by atoms with Gasteiger partial charge in [-0.25, -0.2) is 0 Å². The first-order chi connectivity index (χ1) is 10.8. The molecule has 23 heavy (non-hydrogen) atoms. The molecule has 2 amide bonds. The quantitative estimate of drug-likeness (QED) is 0.208. The summed E-state index contributed by atoms with van der Waals surface area (Å²) in [4.78, 5) is 44.6. The van der Waals surface area contributed by atoms with E-state index >= 15 is 0 Å². The molecule has 0 heterocycles. The molecule has 0 aromatic heterocycles. The molecule has 6 N–H and O–H groups in total. The molecule has 0 saturated carbocycles. The van der Waals surface area contributed by atoms with Gasteiger partial charge in [0.25, 0.3) is 0 Å². The Bertz CT molecular complexity index is 433. The van der Waals surface area contributed by atoms with Gasteiger partial charge in [-0.1, -0.05) is 0 Å². The van der Waals surface area contributed by atoms with Crippen LogP contribution in [-0.2, 0) is 23.4 Å². The number of nitrogens with two attached hydrogens (primary N) is 1. The van der Waals surface area contributed by atoms with Crippen LogP contribution in [0.5, 0.6) is 0 Å². The van der Waals surface area contributed by atoms with Crippen molar-refractivity contribution < 1.29 is 33.6 Å². The van der Waals surface area contributed by atoms with E-state index in [1.54, 1.807) is 6.92 Å². The summed E-state index contributed by atoms with van der Waals surface area (Å²) in [5.41, 5.74) is 5.29. The second kappa shape index (κ2) is 11.7. The number of hydrogen-bond donors (Lipinski definition) is 5. The van der Waals surface area contributed by atoms with Gasteiger partial charge in [0, 0.05) is 12.2 Å². The van der Waals surface area contributed by atoms with E-state index in [0.29, 0.717) is 6.61 Å². The predicted molar refractivity (Wildman–Crippen MR) is 81.5 cm³/mol. The minimum atomic E-state index is -1.22. The Kier molecular flexibility index (Phi) is 10.7. The molecule has 0 aliphatic rings. The fourth-order valence-corrected chi connectivity index (χ4v) is 1.98. The maximum Gasteiger partial charge on any atom is 0.322 e. The van der Waals surface area contributed by atoms with Crippen LogP contribution in [0.15, 0.2) is 0 Å². The van der Waals surface area contributed by atoms with E-state index in [1.807, 2.05) is 0 Å². The topological polar surface area (TPSA) is 168 Å². The average molecular weight is 351 g/mol. The van der Waals surface area contributed by atoms with Gasteiger partial charge in [0.1, 0.15) is 18.6 Å². The van der Waals surface area contributed by atoms with Crippen LogP contribution in [0.25, 0.3) is 0 Å². The Morgan fingerprint density at radius 2 is 1.91 bits per heavy atom. The maximum absolute atomic E-state index is 11.8. The molecule has 10 nitrogen and oxygen atoms in total. The van der Waals surface area contributed by atoms with Crippen molar-refractivity contribution in [3.05, 3.63) is 0 Å². The summed E-state index contributed by atoms with van der Waals surface area (Å²) < 4.78 is 5.02. The van der Waals surface area contributed by atoms with Gasteiger partial charge in [-0.3, -0.25) is 19.2 Å². The van der Waals surface area contributed by atoms with E-state index < -0.39 is 42.4 Å². The Labute approximate surface area is 137 Å². The number of carboxylic acids is 2. The van der Waals surface area contributed by atoms with E-state index in [-0.39, 0.29) is 18.6 Å². The van der Waals surface area contributed by atoms with Gasteiger partial charge >= 0.3 is 11.9 Å². The highest BCUT2D eigenvalue weighted by atomic mass is 32.2. The first-order valence-corrected chi connectivity index (χ1v) is 7.70. The standard InChI is InChI=1S/C12H21N3O7S/c1-2-22-23-6-8(11(19)14-5-10(17)18)15-9(16)4-3-7(13)12(20)21/h7-8H,2-6,13H2,1H3,(H,14,19)(H,15,16)(H,17,18)(H,20,21)/t7-,8-/m0/s1. The van der Waals surface area contributed by atoms with Crippen LogP contribution in [-0.4, -0.2) is 65.0 Å². The molecule has 132 valence electrons. The third-order valence-corrected chi connectivity index (χ3v) is 3.37. The minimum Gasteiger partial charge on any atom is -0.480 e. The molecule has 11 heteroatoms. The van der Waals surface area contributed by atoms with Crippen LogP contribution in [0.3, 0.4) is 0 Å². The number of carbonyl (C=O) groups excluding carboxylic acids is 2. The van der Waals surface area contributed by atoms with Crippen molar-refractivity contribution in [2.24, 2.45) is 5.73 Å². The summed E-state index contributed by atoms with van der Waals surface area (Å²) in [6.07, 6.45) is -0.251. The van der Waals surface area contributed by atoms with Crippen molar-refractivity contribution >= 4 is 35.8 Å². The van der Waals surface area contributed by atoms with Crippen LogP contribution in [0.2, 0.25) is 0 Å². The zero-order chi connectivity index (χ0) is 17.8. The average Bonchev–Trinajstić information content (AvgIpc) is 2.49. The van der Waals surface area contributed by atoms with Crippen molar-refractivity contribution in [2.75, 3.05) is 18.9 Å². The number of nitrogens with one attached hydrogen (secondary N) is 2. The zero-order valence-electron chi connectivity index (χ0n) is 12.6. The smallest absolute Gasteiger partial charge is 0.322 e. The summed E-state index contributed by atoms with van der Waals surface area (Å²) in [5, 5.41) is 21.7. The summed E-state index contributed by atoms with van der Waals surface area (Å²) in [6, 6.07) is -2.17. The molecule has 0 spiro atoms. The minimum absolute atomic E-state index is 0.0794. The Hall–Kier alpha value is -1.85. The van der Waals surface area contributed by atoms with Gasteiger partial charge in [-0.05, 0) is 25.4 Å². The lowest BCUT2D eigenvalue weighted by Gasteiger charge is -2.17. The van der Waals surface area contributed by atoms with Crippen molar-refractivity contribution in [3.63, 3.8) is 0 Å². The van der Waals surface area contributed by atoms with Crippen LogP contribution >= 0.6 is 12.0 Å². The third-order valence-electron chi connectivity index (χ3n) is 2.50. The van der Waals surface area contributed by atoms with Crippen LogP contribution in [0.1, 0.15) is 19.8 Å². The van der Waals surface area contributed by atoms with E-state index in [1.165, 1.54) is 0 Å². The molecule has 0 aliphatic carbocycles. The lowest BCUT2D eigenvalue weighted by atomic mass is 10.1. The van der Waals surface area contributed by atoms with Gasteiger partial charge in [0.05, 0.1) is 6.61 Å². The molecule has 0 aromatic rings.